The summed E-state index contributed by atoms with van der Waals surface area (Å²) in [6.45, 7) is 4.04. The van der Waals surface area contributed by atoms with Crippen LogP contribution in [0.15, 0.2) is 42.6 Å². The lowest BCUT2D eigenvalue weighted by atomic mass is 10.2. The summed E-state index contributed by atoms with van der Waals surface area (Å²) in [5.74, 6) is -0.684. The van der Waals surface area contributed by atoms with Crippen LogP contribution in [-0.2, 0) is 0 Å². The minimum absolute atomic E-state index is 0.00122. The number of nitrogens with one attached hydrogen (secondary N) is 2. The molecule has 0 unspecified atom stereocenters. The summed E-state index contributed by atoms with van der Waals surface area (Å²) in [6, 6.07) is 9.61. The molecule has 2 rings (SSSR count). The summed E-state index contributed by atoms with van der Waals surface area (Å²) in [5, 5.41) is 5.75. The largest absolute Gasteiger partial charge is 0.382 e. The number of amides is 1. The van der Waals surface area contributed by atoms with Gasteiger partial charge in [0.15, 0.2) is 0 Å². The molecule has 0 aliphatic heterocycles. The summed E-state index contributed by atoms with van der Waals surface area (Å²) in [5.41, 5.74) is 0.863. The van der Waals surface area contributed by atoms with Crippen molar-refractivity contribution < 1.29 is 9.18 Å². The van der Waals surface area contributed by atoms with Crippen LogP contribution in [0, 0.1) is 5.82 Å². The van der Waals surface area contributed by atoms with Gasteiger partial charge in [-0.1, -0.05) is 12.1 Å². The lowest BCUT2D eigenvalue weighted by Gasteiger charge is -2.10. The van der Waals surface area contributed by atoms with Gasteiger partial charge < -0.3 is 10.6 Å². The van der Waals surface area contributed by atoms with Gasteiger partial charge in [0.1, 0.15) is 11.6 Å². The van der Waals surface area contributed by atoms with Gasteiger partial charge in [0.2, 0.25) is 0 Å². The maximum absolute atomic E-state index is 13.5. The summed E-state index contributed by atoms with van der Waals surface area (Å²) >= 11 is 0. The molecular weight excluding hydrogens is 257 g/mol. The van der Waals surface area contributed by atoms with Crippen molar-refractivity contribution in [2.24, 2.45) is 0 Å². The predicted octanol–water partition coefficient (Wildman–Crippen LogP) is 3.29. The lowest BCUT2D eigenvalue weighted by molar-refractivity contribution is 0.102. The number of carbonyl (C=O) groups is 1. The van der Waals surface area contributed by atoms with Crippen LogP contribution in [0.4, 0.5) is 15.9 Å². The Balaban J connectivity index is 2.07. The van der Waals surface area contributed by atoms with Crippen molar-refractivity contribution in [3.8, 4) is 0 Å². The second-order valence-electron chi connectivity index (χ2n) is 4.67. The molecule has 0 fully saturated rings. The molecule has 0 radical (unpaired) electrons. The van der Waals surface area contributed by atoms with Crippen LogP contribution in [0.3, 0.4) is 0 Å². The standard InChI is InChI=1S/C15H16FN3O/c1-10(2)18-11-7-8-14(17-9-11)19-15(20)12-5-3-4-6-13(12)16/h3-10,18H,1-2H3,(H,17,19,20). The number of anilines is 2. The molecule has 0 saturated carbocycles. The molecule has 5 heteroatoms. The Hall–Kier alpha value is -2.43. The molecule has 4 nitrogen and oxygen atoms in total. The van der Waals surface area contributed by atoms with Crippen LogP contribution in [0.25, 0.3) is 0 Å². The summed E-state index contributed by atoms with van der Waals surface area (Å²) in [4.78, 5) is 16.0. The van der Waals surface area contributed by atoms with Crippen molar-refractivity contribution in [3.63, 3.8) is 0 Å². The van der Waals surface area contributed by atoms with E-state index in [4.69, 9.17) is 0 Å². The van der Waals surface area contributed by atoms with Crippen molar-refractivity contribution in [3.05, 3.63) is 54.0 Å². The first kappa shape index (κ1) is 14.0. The van der Waals surface area contributed by atoms with Crippen LogP contribution in [0.1, 0.15) is 24.2 Å². The van der Waals surface area contributed by atoms with E-state index in [1.807, 2.05) is 19.9 Å². The molecule has 20 heavy (non-hydrogen) atoms. The number of nitrogens with zero attached hydrogens (tertiary/aromatic N) is 1. The number of hydrogen-bond acceptors (Lipinski definition) is 3. The average molecular weight is 273 g/mol. The van der Waals surface area contributed by atoms with Gasteiger partial charge in [0, 0.05) is 6.04 Å². The Morgan fingerprint density at radius 1 is 1.20 bits per heavy atom. The molecule has 1 heterocycles. The normalized spacial score (nSPS) is 10.4. The summed E-state index contributed by atoms with van der Waals surface area (Å²) in [7, 11) is 0. The molecule has 0 saturated heterocycles. The Morgan fingerprint density at radius 3 is 2.55 bits per heavy atom. The van der Waals surface area contributed by atoms with Crippen LogP contribution >= 0.6 is 0 Å². The highest BCUT2D eigenvalue weighted by molar-refractivity contribution is 6.03. The Morgan fingerprint density at radius 2 is 1.95 bits per heavy atom. The van der Waals surface area contributed by atoms with Gasteiger partial charge in [0.25, 0.3) is 5.91 Å². The van der Waals surface area contributed by atoms with E-state index in [2.05, 4.69) is 15.6 Å². The molecule has 0 aliphatic rings. The molecule has 1 aromatic heterocycles. The highest BCUT2D eigenvalue weighted by Gasteiger charge is 2.11. The first-order chi connectivity index (χ1) is 9.56. The van der Waals surface area contributed by atoms with Crippen LogP contribution < -0.4 is 10.6 Å². The fourth-order valence-corrected chi connectivity index (χ4v) is 1.72. The van der Waals surface area contributed by atoms with E-state index in [-0.39, 0.29) is 5.56 Å². The smallest absolute Gasteiger partial charge is 0.259 e. The number of hydrogen-bond donors (Lipinski definition) is 2. The first-order valence-electron chi connectivity index (χ1n) is 6.34. The fraction of sp³-hybridized carbons (Fsp3) is 0.200. The van der Waals surface area contributed by atoms with E-state index < -0.39 is 11.7 Å². The van der Waals surface area contributed by atoms with Crippen molar-refractivity contribution >= 4 is 17.4 Å². The van der Waals surface area contributed by atoms with Gasteiger partial charge in [-0.25, -0.2) is 9.37 Å². The molecule has 104 valence electrons. The van der Waals surface area contributed by atoms with Crippen molar-refractivity contribution in [1.29, 1.82) is 0 Å². The predicted molar refractivity (Wildman–Crippen MR) is 77.3 cm³/mol. The molecule has 0 aliphatic carbocycles. The van der Waals surface area contributed by atoms with E-state index in [1.165, 1.54) is 18.2 Å². The molecule has 0 bridgehead atoms. The van der Waals surface area contributed by atoms with Crippen LogP contribution in [0.5, 0.6) is 0 Å². The minimum atomic E-state index is -0.553. The van der Waals surface area contributed by atoms with E-state index in [1.54, 1.807) is 18.3 Å². The van der Waals surface area contributed by atoms with Gasteiger partial charge in [0.05, 0.1) is 17.4 Å². The van der Waals surface area contributed by atoms with E-state index in [0.717, 1.165) is 5.69 Å². The highest BCUT2D eigenvalue weighted by Crippen LogP contribution is 2.13. The van der Waals surface area contributed by atoms with Crippen LogP contribution in [-0.4, -0.2) is 16.9 Å². The molecule has 1 aromatic carbocycles. The van der Waals surface area contributed by atoms with Gasteiger partial charge in [-0.15, -0.1) is 0 Å². The monoisotopic (exact) mass is 273 g/mol. The zero-order valence-corrected chi connectivity index (χ0v) is 11.4. The molecule has 2 aromatic rings. The summed E-state index contributed by atoms with van der Waals surface area (Å²) < 4.78 is 13.5. The Bertz CT molecular complexity index is 596. The number of rotatable bonds is 4. The molecular formula is C15H16FN3O. The highest BCUT2D eigenvalue weighted by atomic mass is 19.1. The van der Waals surface area contributed by atoms with Crippen molar-refractivity contribution in [1.82, 2.24) is 4.98 Å². The quantitative estimate of drug-likeness (QED) is 0.898. The SMILES string of the molecule is CC(C)Nc1ccc(NC(=O)c2ccccc2F)nc1. The first-order valence-corrected chi connectivity index (χ1v) is 6.34. The summed E-state index contributed by atoms with van der Waals surface area (Å²) in [6.07, 6.45) is 1.62. The number of carbonyl (C=O) groups excluding carboxylic acids is 1. The van der Waals surface area contributed by atoms with Gasteiger partial charge >= 0.3 is 0 Å². The van der Waals surface area contributed by atoms with Crippen molar-refractivity contribution in [2.45, 2.75) is 19.9 Å². The third-order valence-electron chi connectivity index (χ3n) is 2.58. The maximum Gasteiger partial charge on any atom is 0.259 e. The fourth-order valence-electron chi connectivity index (χ4n) is 1.72. The van der Waals surface area contributed by atoms with Gasteiger partial charge in [-0.05, 0) is 38.1 Å². The number of pyridine rings is 1. The maximum atomic E-state index is 13.5. The van der Waals surface area contributed by atoms with Gasteiger partial charge in [-0.3, -0.25) is 4.79 Å². The molecule has 2 N–H and O–H groups in total. The molecule has 0 spiro atoms. The molecule has 0 atom stereocenters. The van der Waals surface area contributed by atoms with E-state index in [9.17, 15) is 9.18 Å². The number of halogens is 1. The van der Waals surface area contributed by atoms with E-state index >= 15 is 0 Å². The molecule has 1 amide bonds. The topological polar surface area (TPSA) is 54.0 Å². The number of benzene rings is 1. The second kappa shape index (κ2) is 6.14. The Kier molecular flexibility index (Phi) is 4.30. The Labute approximate surface area is 117 Å². The third kappa shape index (κ3) is 3.54. The minimum Gasteiger partial charge on any atom is -0.382 e. The van der Waals surface area contributed by atoms with Crippen molar-refractivity contribution in [2.75, 3.05) is 10.6 Å². The second-order valence-corrected chi connectivity index (χ2v) is 4.67. The zero-order chi connectivity index (χ0) is 14.5. The lowest BCUT2D eigenvalue weighted by Crippen LogP contribution is -2.15. The van der Waals surface area contributed by atoms with Crippen LogP contribution in [0.2, 0.25) is 0 Å². The third-order valence-corrected chi connectivity index (χ3v) is 2.58. The zero-order valence-electron chi connectivity index (χ0n) is 11.4. The number of aromatic nitrogens is 1. The average Bonchev–Trinajstić information content (AvgIpc) is 2.41. The van der Waals surface area contributed by atoms with E-state index in [0.29, 0.717) is 11.9 Å². The van der Waals surface area contributed by atoms with Gasteiger partial charge in [-0.2, -0.15) is 0 Å².